The third-order valence-corrected chi connectivity index (χ3v) is 3.01. The van der Waals surface area contributed by atoms with Crippen LogP contribution in [-0.4, -0.2) is 29.0 Å². The van der Waals surface area contributed by atoms with E-state index < -0.39 is 0 Å². The van der Waals surface area contributed by atoms with E-state index in [1.807, 2.05) is 6.07 Å². The number of aliphatic imine (C=N–C) groups is 1. The van der Waals surface area contributed by atoms with Crippen molar-refractivity contribution < 1.29 is 0 Å². The Morgan fingerprint density at radius 2 is 2.33 bits per heavy atom. The maximum atomic E-state index is 4.54. The summed E-state index contributed by atoms with van der Waals surface area (Å²) in [5, 5.41) is 6.49. The van der Waals surface area contributed by atoms with Crippen molar-refractivity contribution in [3.05, 3.63) is 29.6 Å². The molecule has 0 atom stereocenters. The molecule has 5 nitrogen and oxygen atoms in total. The van der Waals surface area contributed by atoms with E-state index in [0.29, 0.717) is 6.54 Å². The maximum Gasteiger partial charge on any atom is 0.191 e. The fourth-order valence-electron chi connectivity index (χ4n) is 2.08. The van der Waals surface area contributed by atoms with Crippen LogP contribution in [0.25, 0.3) is 11.0 Å². The standard InChI is InChI=1S/C13H17N5/c1-9-3-4-10-11(7-9)18-12(17-10)8-16-13-14-5-2-6-15-13/h3-4,7H,2,5-6,8H2,1H3,(H,17,18)(H2,14,15,16). The Bertz CT molecular complexity index is 584. The second kappa shape index (κ2) is 4.68. The van der Waals surface area contributed by atoms with Gasteiger partial charge in [0.15, 0.2) is 5.96 Å². The average molecular weight is 243 g/mol. The molecule has 2 heterocycles. The highest BCUT2D eigenvalue weighted by atomic mass is 15.2. The normalized spacial score (nSPS) is 15.3. The van der Waals surface area contributed by atoms with Gasteiger partial charge in [-0.05, 0) is 31.0 Å². The topological polar surface area (TPSA) is 65.1 Å². The van der Waals surface area contributed by atoms with Crippen molar-refractivity contribution in [3.63, 3.8) is 0 Å². The van der Waals surface area contributed by atoms with Crippen LogP contribution in [0.2, 0.25) is 0 Å². The Morgan fingerprint density at radius 1 is 1.39 bits per heavy atom. The highest BCUT2D eigenvalue weighted by Gasteiger charge is 2.06. The fourth-order valence-corrected chi connectivity index (χ4v) is 2.08. The molecule has 94 valence electrons. The molecule has 1 aliphatic heterocycles. The molecule has 2 aromatic rings. The smallest absolute Gasteiger partial charge is 0.191 e. The van der Waals surface area contributed by atoms with Crippen LogP contribution >= 0.6 is 0 Å². The van der Waals surface area contributed by atoms with Gasteiger partial charge in [0.05, 0.1) is 17.6 Å². The lowest BCUT2D eigenvalue weighted by molar-refractivity contribution is 0.695. The van der Waals surface area contributed by atoms with E-state index in [2.05, 4.69) is 44.7 Å². The molecule has 0 saturated heterocycles. The molecule has 5 heteroatoms. The van der Waals surface area contributed by atoms with E-state index in [1.54, 1.807) is 0 Å². The van der Waals surface area contributed by atoms with E-state index >= 15 is 0 Å². The number of aromatic nitrogens is 2. The monoisotopic (exact) mass is 243 g/mol. The molecular formula is C13H17N5. The van der Waals surface area contributed by atoms with Gasteiger partial charge in [-0.3, -0.25) is 4.99 Å². The van der Waals surface area contributed by atoms with Crippen LogP contribution in [0.4, 0.5) is 0 Å². The number of guanidine groups is 1. The summed E-state index contributed by atoms with van der Waals surface area (Å²) in [6, 6.07) is 6.23. The second-order valence-corrected chi connectivity index (χ2v) is 4.57. The Balaban J connectivity index is 1.72. The number of aromatic amines is 1. The van der Waals surface area contributed by atoms with E-state index in [4.69, 9.17) is 0 Å². The lowest BCUT2D eigenvalue weighted by Crippen LogP contribution is -2.40. The van der Waals surface area contributed by atoms with E-state index in [0.717, 1.165) is 42.3 Å². The summed E-state index contributed by atoms with van der Waals surface area (Å²) in [6.45, 7) is 4.64. The van der Waals surface area contributed by atoms with Crippen LogP contribution in [0.5, 0.6) is 0 Å². The number of aryl methyl sites for hydroxylation is 1. The van der Waals surface area contributed by atoms with E-state index in [1.165, 1.54) is 5.56 Å². The van der Waals surface area contributed by atoms with Crippen molar-refractivity contribution in [2.24, 2.45) is 4.99 Å². The molecule has 0 radical (unpaired) electrons. The number of benzene rings is 1. The van der Waals surface area contributed by atoms with Crippen LogP contribution < -0.4 is 10.6 Å². The molecular weight excluding hydrogens is 226 g/mol. The number of fused-ring (bicyclic) bond motifs is 1. The minimum Gasteiger partial charge on any atom is -0.356 e. The Kier molecular flexibility index (Phi) is 2.88. The zero-order chi connectivity index (χ0) is 12.4. The first-order chi connectivity index (χ1) is 8.81. The zero-order valence-corrected chi connectivity index (χ0v) is 10.5. The molecule has 0 bridgehead atoms. The molecule has 0 fully saturated rings. The summed E-state index contributed by atoms with van der Waals surface area (Å²) in [4.78, 5) is 12.2. The average Bonchev–Trinajstić information content (AvgIpc) is 2.79. The molecule has 1 aliphatic rings. The number of hydrogen-bond donors (Lipinski definition) is 3. The highest BCUT2D eigenvalue weighted by Crippen LogP contribution is 2.12. The first-order valence-corrected chi connectivity index (χ1v) is 6.29. The molecule has 3 rings (SSSR count). The number of imidazole rings is 1. The van der Waals surface area contributed by atoms with Crippen LogP contribution in [0.1, 0.15) is 17.8 Å². The third kappa shape index (κ3) is 2.30. The highest BCUT2D eigenvalue weighted by molar-refractivity contribution is 5.80. The van der Waals surface area contributed by atoms with Crippen molar-refractivity contribution in [2.45, 2.75) is 19.9 Å². The molecule has 0 unspecified atom stereocenters. The first kappa shape index (κ1) is 11.1. The van der Waals surface area contributed by atoms with Gasteiger partial charge in [-0.25, -0.2) is 4.98 Å². The van der Waals surface area contributed by atoms with Gasteiger partial charge in [-0.2, -0.15) is 0 Å². The summed E-state index contributed by atoms with van der Waals surface area (Å²) in [7, 11) is 0. The summed E-state index contributed by atoms with van der Waals surface area (Å²) < 4.78 is 0. The second-order valence-electron chi connectivity index (χ2n) is 4.57. The van der Waals surface area contributed by atoms with Crippen molar-refractivity contribution in [2.75, 3.05) is 13.1 Å². The minimum atomic E-state index is 0.666. The zero-order valence-electron chi connectivity index (χ0n) is 10.5. The lowest BCUT2D eigenvalue weighted by atomic mass is 10.2. The molecule has 0 aliphatic carbocycles. The molecule has 1 aromatic carbocycles. The molecule has 3 N–H and O–H groups in total. The van der Waals surface area contributed by atoms with Crippen LogP contribution in [0.3, 0.4) is 0 Å². The van der Waals surface area contributed by atoms with Gasteiger partial charge in [0.25, 0.3) is 0 Å². The van der Waals surface area contributed by atoms with Gasteiger partial charge in [0.1, 0.15) is 5.82 Å². The lowest BCUT2D eigenvalue weighted by Gasteiger charge is -2.15. The van der Waals surface area contributed by atoms with Crippen molar-refractivity contribution in [3.8, 4) is 0 Å². The van der Waals surface area contributed by atoms with Crippen molar-refractivity contribution >= 4 is 17.0 Å². The fraction of sp³-hybridized carbons (Fsp3) is 0.385. The molecule has 0 spiro atoms. The summed E-state index contributed by atoms with van der Waals surface area (Å²) >= 11 is 0. The minimum absolute atomic E-state index is 0.666. The van der Waals surface area contributed by atoms with Crippen molar-refractivity contribution in [1.29, 1.82) is 0 Å². The quantitative estimate of drug-likeness (QED) is 0.745. The Morgan fingerprint density at radius 3 is 3.17 bits per heavy atom. The van der Waals surface area contributed by atoms with E-state index in [-0.39, 0.29) is 0 Å². The van der Waals surface area contributed by atoms with E-state index in [9.17, 15) is 0 Å². The Hall–Kier alpha value is -2.04. The van der Waals surface area contributed by atoms with Crippen LogP contribution in [0, 0.1) is 6.92 Å². The van der Waals surface area contributed by atoms with Gasteiger partial charge >= 0.3 is 0 Å². The molecule has 1 aromatic heterocycles. The van der Waals surface area contributed by atoms with Gasteiger partial charge in [0.2, 0.25) is 0 Å². The number of hydrogen-bond acceptors (Lipinski definition) is 4. The van der Waals surface area contributed by atoms with Crippen LogP contribution in [0.15, 0.2) is 23.2 Å². The molecule has 0 saturated carbocycles. The van der Waals surface area contributed by atoms with Crippen molar-refractivity contribution in [1.82, 2.24) is 20.6 Å². The summed E-state index contributed by atoms with van der Waals surface area (Å²) in [6.07, 6.45) is 1.11. The van der Waals surface area contributed by atoms with Gasteiger partial charge in [-0.1, -0.05) is 6.07 Å². The summed E-state index contributed by atoms with van der Waals surface area (Å²) in [5.41, 5.74) is 3.34. The summed E-state index contributed by atoms with van der Waals surface area (Å²) in [5.74, 6) is 1.81. The first-order valence-electron chi connectivity index (χ1n) is 6.29. The molecule has 0 amide bonds. The SMILES string of the molecule is Cc1ccc2nc(CNC3=NCCCN3)[nH]c2c1. The predicted octanol–water partition coefficient (Wildman–Crippen LogP) is 1.31. The predicted molar refractivity (Wildman–Crippen MR) is 72.6 cm³/mol. The van der Waals surface area contributed by atoms with Gasteiger partial charge < -0.3 is 15.6 Å². The van der Waals surface area contributed by atoms with Crippen LogP contribution in [-0.2, 0) is 6.54 Å². The Labute approximate surface area is 106 Å². The maximum absolute atomic E-state index is 4.54. The number of nitrogens with one attached hydrogen (secondary N) is 3. The number of nitrogens with zero attached hydrogens (tertiary/aromatic N) is 2. The molecule has 18 heavy (non-hydrogen) atoms. The largest absolute Gasteiger partial charge is 0.356 e. The third-order valence-electron chi connectivity index (χ3n) is 3.01. The number of H-pyrrole nitrogens is 1. The number of rotatable bonds is 2. The van der Waals surface area contributed by atoms with Gasteiger partial charge in [0, 0.05) is 13.1 Å². The van der Waals surface area contributed by atoms with Gasteiger partial charge in [-0.15, -0.1) is 0 Å².